The van der Waals surface area contributed by atoms with E-state index in [0.29, 0.717) is 29.5 Å². The maximum Gasteiger partial charge on any atom is 0.137 e. The molecule has 78 heavy (non-hydrogen) atoms. The summed E-state index contributed by atoms with van der Waals surface area (Å²) in [5.41, 5.74) is 10.6. The van der Waals surface area contributed by atoms with E-state index in [-0.39, 0.29) is 16.5 Å². The van der Waals surface area contributed by atoms with Crippen LogP contribution in [0.3, 0.4) is 0 Å². The molecule has 0 saturated heterocycles. The van der Waals surface area contributed by atoms with Crippen molar-refractivity contribution in [2.45, 2.75) is 85.2 Å². The zero-order valence-corrected chi connectivity index (χ0v) is 44.7. The van der Waals surface area contributed by atoms with Gasteiger partial charge in [0.15, 0.2) is 0 Å². The molecule has 0 amide bonds. The van der Waals surface area contributed by atoms with Gasteiger partial charge in [-0.05, 0) is 140 Å². The van der Waals surface area contributed by atoms with E-state index in [4.69, 9.17) is 26.2 Å². The summed E-state index contributed by atoms with van der Waals surface area (Å²) in [7, 11) is 0. The molecule has 2 aromatic heterocycles. The van der Waals surface area contributed by atoms with E-state index in [1.165, 1.54) is 30.0 Å². The van der Waals surface area contributed by atoms with E-state index in [0.717, 1.165) is 89.1 Å². The molecule has 0 spiro atoms. The Morgan fingerprint density at radius 1 is 0.449 bits per heavy atom. The van der Waals surface area contributed by atoms with Gasteiger partial charge in [0.25, 0.3) is 0 Å². The summed E-state index contributed by atoms with van der Waals surface area (Å²) < 4.78 is 111. The second-order valence-corrected chi connectivity index (χ2v) is 22.5. The zero-order chi connectivity index (χ0) is 64.1. The highest BCUT2D eigenvalue weighted by Crippen LogP contribution is 2.52. The lowest BCUT2D eigenvalue weighted by molar-refractivity contribution is 0.485. The molecule has 3 heterocycles. The van der Waals surface area contributed by atoms with Gasteiger partial charge in [-0.25, -0.2) is 4.98 Å². The number of benzene rings is 9. The number of rotatable bonds is 9. The van der Waals surface area contributed by atoms with Crippen LogP contribution in [0.4, 0.5) is 22.7 Å². The third kappa shape index (κ3) is 9.42. The smallest absolute Gasteiger partial charge is 0.137 e. The quantitative estimate of drug-likeness (QED) is 0.144. The first-order chi connectivity index (χ1) is 42.4. The maximum atomic E-state index is 8.54. The predicted molar refractivity (Wildman–Crippen MR) is 330 cm³/mol. The van der Waals surface area contributed by atoms with Crippen LogP contribution >= 0.6 is 0 Å². The number of para-hydroxylation sites is 3. The molecule has 9 aromatic carbocycles. The SMILES string of the molecule is [2H]C([2H])([2H])c1ccnc(-n2c3ccccc3c3ccc(Oc4cc(N5CN(c6c(-c7ccc(-c8ccc(C(C)(C)C)cc8)cc7)cc(C(C)(C)C)cc6-c6ccc(C(C([2H])([2H])[2H])(C([2H])([2H])[2H])C([2H])([2H])[2H])cc6)c6ccccc65)ccc4-c4ccccc4)cc32)c1. The molecule has 0 N–H and O–H groups in total. The Balaban J connectivity index is 1.02. The highest BCUT2D eigenvalue weighted by atomic mass is 16.5. The highest BCUT2D eigenvalue weighted by Gasteiger charge is 2.33. The molecule has 5 heteroatoms. The van der Waals surface area contributed by atoms with E-state index in [9.17, 15) is 0 Å². The first kappa shape index (κ1) is 38.0. The molecule has 5 nitrogen and oxygen atoms in total. The molecular formula is C73H68N4O. The van der Waals surface area contributed by atoms with Crippen molar-refractivity contribution in [3.05, 3.63) is 241 Å². The molecule has 12 rings (SSSR count). The fourth-order valence-corrected chi connectivity index (χ4v) is 10.9. The Labute approximate surface area is 477 Å². The number of aryl methyl sites for hydroxylation is 1. The lowest BCUT2D eigenvalue weighted by atomic mass is 9.81. The van der Waals surface area contributed by atoms with Crippen LogP contribution in [-0.4, -0.2) is 16.2 Å². The van der Waals surface area contributed by atoms with Gasteiger partial charge >= 0.3 is 0 Å². The summed E-state index contributed by atoms with van der Waals surface area (Å²) in [6, 6.07) is 69.0. The van der Waals surface area contributed by atoms with Crippen LogP contribution in [0.15, 0.2) is 219 Å². The van der Waals surface area contributed by atoms with Crippen LogP contribution in [0.1, 0.15) is 101 Å². The number of pyridine rings is 1. The van der Waals surface area contributed by atoms with Gasteiger partial charge in [-0.15, -0.1) is 0 Å². The number of nitrogens with zero attached hydrogens (tertiary/aromatic N) is 4. The first-order valence-corrected chi connectivity index (χ1v) is 26.4. The zero-order valence-electron chi connectivity index (χ0n) is 56.7. The summed E-state index contributed by atoms with van der Waals surface area (Å²) in [5, 5.41) is 1.91. The molecule has 0 radical (unpaired) electrons. The third-order valence-electron chi connectivity index (χ3n) is 15.1. The number of fused-ring (bicyclic) bond motifs is 4. The van der Waals surface area contributed by atoms with Gasteiger partial charge in [0.05, 0.1) is 28.1 Å². The fourth-order valence-electron chi connectivity index (χ4n) is 10.9. The number of hydrogen-bond donors (Lipinski definition) is 0. The predicted octanol–water partition coefficient (Wildman–Crippen LogP) is 20.1. The maximum absolute atomic E-state index is 8.54. The van der Waals surface area contributed by atoms with Crippen molar-refractivity contribution in [3.63, 3.8) is 0 Å². The number of ether oxygens (including phenoxy) is 1. The second kappa shape index (κ2) is 19.4. The molecule has 0 fully saturated rings. The van der Waals surface area contributed by atoms with Gasteiger partial charge in [0, 0.05) is 67.9 Å². The van der Waals surface area contributed by atoms with Gasteiger partial charge in [0.2, 0.25) is 0 Å². The number of anilines is 4. The van der Waals surface area contributed by atoms with E-state index in [1.807, 2.05) is 95.6 Å². The van der Waals surface area contributed by atoms with Crippen molar-refractivity contribution in [1.82, 2.24) is 9.55 Å². The summed E-state index contributed by atoms with van der Waals surface area (Å²) in [4.78, 5) is 9.19. The molecule has 0 saturated carbocycles. The lowest BCUT2D eigenvalue weighted by Crippen LogP contribution is -2.25. The molecule has 0 unspecified atom stereocenters. The van der Waals surface area contributed by atoms with Crippen LogP contribution in [-0.2, 0) is 16.2 Å². The molecule has 11 aromatic rings. The highest BCUT2D eigenvalue weighted by molar-refractivity contribution is 6.09. The Morgan fingerprint density at radius 3 is 1.67 bits per heavy atom. The summed E-state index contributed by atoms with van der Waals surface area (Å²) in [6.07, 6.45) is 1.53. The van der Waals surface area contributed by atoms with E-state index < -0.39 is 38.2 Å². The van der Waals surface area contributed by atoms with Crippen LogP contribution in [0.25, 0.3) is 72.1 Å². The minimum atomic E-state index is -3.44. The average molecular weight is 1030 g/mol. The van der Waals surface area contributed by atoms with Crippen LogP contribution < -0.4 is 14.5 Å². The largest absolute Gasteiger partial charge is 0.457 e. The molecular weight excluding hydrogens is 949 g/mol. The Hall–Kier alpha value is -8.67. The van der Waals surface area contributed by atoms with Crippen molar-refractivity contribution in [2.75, 3.05) is 16.5 Å². The minimum Gasteiger partial charge on any atom is -0.457 e. The summed E-state index contributed by atoms with van der Waals surface area (Å²) >= 11 is 0. The average Bonchev–Trinajstić information content (AvgIpc) is 0.891. The van der Waals surface area contributed by atoms with Crippen LogP contribution in [0, 0.1) is 6.85 Å². The second-order valence-electron chi connectivity index (χ2n) is 22.5. The van der Waals surface area contributed by atoms with Crippen LogP contribution in [0.2, 0.25) is 0 Å². The Kier molecular flexibility index (Phi) is 9.45. The Bertz CT molecular complexity index is 4460. The molecule has 1 aliphatic heterocycles. The molecule has 0 bridgehead atoms. The van der Waals surface area contributed by atoms with Crippen molar-refractivity contribution in [2.24, 2.45) is 0 Å². The summed E-state index contributed by atoms with van der Waals surface area (Å²) in [6.45, 7) is 0.659. The monoisotopic (exact) mass is 1030 g/mol. The normalized spacial score (nSPS) is 15.8. The molecule has 386 valence electrons. The van der Waals surface area contributed by atoms with E-state index in [1.54, 1.807) is 18.2 Å². The van der Waals surface area contributed by atoms with Crippen molar-refractivity contribution < 1.29 is 21.2 Å². The van der Waals surface area contributed by atoms with Crippen molar-refractivity contribution in [1.29, 1.82) is 0 Å². The topological polar surface area (TPSA) is 33.5 Å². The van der Waals surface area contributed by atoms with Gasteiger partial charge in [-0.1, -0.05) is 196 Å². The standard InChI is InChI=1S/C73H68N4O/c1-48-40-41-74-69(42-48)77-64-21-15-14-20-60(64)61-39-37-58(46-67(61)77)78-68-45-57(36-38-59(68)51-18-12-11-13-19-51)75-47-76(66-23-17-16-22-65(66)75)70-62(52-26-24-49(25-27-52)50-28-32-54(33-29-50)71(2,3)4)43-56(73(8,9)10)44-63(70)53-30-34-55(35-31-53)72(5,6)7/h11-46H,47H2,1-10H3/i1D3,5D3,6D3,7D3. The van der Waals surface area contributed by atoms with Crippen molar-refractivity contribution in [3.8, 4) is 61.8 Å². The van der Waals surface area contributed by atoms with Gasteiger partial charge in [0.1, 0.15) is 24.0 Å². The van der Waals surface area contributed by atoms with Gasteiger partial charge in [-0.3, -0.25) is 4.57 Å². The Morgan fingerprint density at radius 2 is 1.01 bits per heavy atom. The fraction of sp³-hybridized carbons (Fsp3) is 0.192. The van der Waals surface area contributed by atoms with Gasteiger partial charge in [-0.2, -0.15) is 0 Å². The van der Waals surface area contributed by atoms with Crippen LogP contribution in [0.5, 0.6) is 11.5 Å². The van der Waals surface area contributed by atoms with Crippen molar-refractivity contribution >= 4 is 44.6 Å². The first-order valence-electron chi connectivity index (χ1n) is 32.4. The number of hydrogen-bond acceptors (Lipinski definition) is 4. The molecule has 0 atom stereocenters. The number of aromatic nitrogens is 2. The molecule has 1 aliphatic rings. The lowest BCUT2D eigenvalue weighted by Gasteiger charge is -2.30. The third-order valence-corrected chi connectivity index (χ3v) is 15.1. The van der Waals surface area contributed by atoms with Gasteiger partial charge < -0.3 is 14.5 Å². The van der Waals surface area contributed by atoms with E-state index >= 15 is 0 Å². The molecule has 0 aliphatic carbocycles. The van der Waals surface area contributed by atoms with E-state index in [2.05, 4.69) is 136 Å². The minimum absolute atomic E-state index is 0.0104. The summed E-state index contributed by atoms with van der Waals surface area (Å²) in [5.74, 6) is 1.58.